The predicted molar refractivity (Wildman–Crippen MR) is 73.8 cm³/mol. The van der Waals surface area contributed by atoms with Gasteiger partial charge in [0.1, 0.15) is 10.0 Å². The average molecular weight is 308 g/mol. The van der Waals surface area contributed by atoms with E-state index in [9.17, 15) is 8.42 Å². The molecule has 19 heavy (non-hydrogen) atoms. The molecule has 0 saturated heterocycles. The van der Waals surface area contributed by atoms with Crippen LogP contribution in [0.2, 0.25) is 5.15 Å². The number of nitrogens with zero attached hydrogens (tertiary/aromatic N) is 2. The zero-order valence-electron chi connectivity index (χ0n) is 11.0. The molecule has 0 aliphatic heterocycles. The summed E-state index contributed by atoms with van der Waals surface area (Å²) in [4.78, 5) is 5.83. The van der Waals surface area contributed by atoms with Crippen molar-refractivity contribution < 1.29 is 13.2 Å². The molecule has 0 aromatic carbocycles. The molecule has 0 amide bonds. The van der Waals surface area contributed by atoms with E-state index in [0.29, 0.717) is 19.7 Å². The topological polar surface area (TPSA) is 71.5 Å². The molecule has 0 fully saturated rings. The molecule has 108 valence electrons. The minimum absolute atomic E-state index is 0.108. The molecule has 1 heterocycles. The Morgan fingerprint density at radius 3 is 2.74 bits per heavy atom. The fourth-order valence-corrected chi connectivity index (χ4v) is 2.41. The Morgan fingerprint density at radius 1 is 1.42 bits per heavy atom. The largest absolute Gasteiger partial charge is 0.383 e. The van der Waals surface area contributed by atoms with Crippen LogP contribution in [-0.4, -0.2) is 58.7 Å². The van der Waals surface area contributed by atoms with Gasteiger partial charge in [0.2, 0.25) is 10.0 Å². The van der Waals surface area contributed by atoms with Crippen molar-refractivity contribution in [2.75, 3.05) is 40.4 Å². The summed E-state index contributed by atoms with van der Waals surface area (Å²) < 4.78 is 31.3. The molecular formula is C11H18ClN3O3S. The highest BCUT2D eigenvalue weighted by Crippen LogP contribution is 2.10. The molecule has 0 aliphatic carbocycles. The van der Waals surface area contributed by atoms with E-state index >= 15 is 0 Å². The van der Waals surface area contributed by atoms with Gasteiger partial charge in [0.25, 0.3) is 0 Å². The van der Waals surface area contributed by atoms with Crippen molar-refractivity contribution in [3.63, 3.8) is 0 Å². The van der Waals surface area contributed by atoms with Gasteiger partial charge in [0.15, 0.2) is 0 Å². The summed E-state index contributed by atoms with van der Waals surface area (Å²) in [5.41, 5.74) is 0. The summed E-state index contributed by atoms with van der Waals surface area (Å²) in [5.74, 6) is 0. The van der Waals surface area contributed by atoms with Crippen LogP contribution in [0.15, 0.2) is 23.2 Å². The van der Waals surface area contributed by atoms with Crippen molar-refractivity contribution in [1.82, 2.24) is 14.6 Å². The van der Waals surface area contributed by atoms with E-state index in [4.69, 9.17) is 16.3 Å². The zero-order valence-corrected chi connectivity index (χ0v) is 12.5. The summed E-state index contributed by atoms with van der Waals surface area (Å²) >= 11 is 5.61. The summed E-state index contributed by atoms with van der Waals surface area (Å²) in [6, 6.07) is 2.87. The summed E-state index contributed by atoms with van der Waals surface area (Å²) in [5, 5.41) is 0.262. The van der Waals surface area contributed by atoms with E-state index in [1.165, 1.54) is 18.3 Å². The lowest BCUT2D eigenvalue weighted by molar-refractivity contribution is 0.162. The van der Waals surface area contributed by atoms with Crippen molar-refractivity contribution in [2.45, 2.75) is 4.90 Å². The van der Waals surface area contributed by atoms with Crippen LogP contribution in [0.1, 0.15) is 0 Å². The number of halogens is 1. The molecule has 1 aromatic heterocycles. The smallest absolute Gasteiger partial charge is 0.242 e. The molecule has 0 aliphatic rings. The molecule has 6 nitrogen and oxygen atoms in total. The van der Waals surface area contributed by atoms with Gasteiger partial charge in [-0.15, -0.1) is 0 Å². The molecule has 0 saturated carbocycles. The van der Waals surface area contributed by atoms with Crippen molar-refractivity contribution in [3.8, 4) is 0 Å². The zero-order chi connectivity index (χ0) is 14.3. The van der Waals surface area contributed by atoms with E-state index in [-0.39, 0.29) is 10.0 Å². The number of ether oxygens (including phenoxy) is 1. The second-order valence-electron chi connectivity index (χ2n) is 4.01. The number of methoxy groups -OCH3 is 1. The Bertz CT molecular complexity index is 478. The minimum Gasteiger partial charge on any atom is -0.383 e. The summed E-state index contributed by atoms with van der Waals surface area (Å²) in [7, 11) is 0.00674. The summed E-state index contributed by atoms with van der Waals surface area (Å²) in [6.45, 7) is 2.29. The Labute approximate surface area is 118 Å². The Hall–Kier alpha value is -0.730. The first-order chi connectivity index (χ1) is 8.95. The van der Waals surface area contributed by atoms with Gasteiger partial charge in [0, 0.05) is 32.9 Å². The SMILES string of the molecule is COCCN(C)CCNS(=O)(=O)c1ccc(Cl)nc1. The van der Waals surface area contributed by atoms with Gasteiger partial charge in [-0.3, -0.25) is 0 Å². The maximum Gasteiger partial charge on any atom is 0.242 e. The third kappa shape index (κ3) is 5.84. The molecule has 0 radical (unpaired) electrons. The highest BCUT2D eigenvalue weighted by Gasteiger charge is 2.13. The maximum absolute atomic E-state index is 11.9. The number of likely N-dealkylation sites (N-methyl/N-ethyl adjacent to an activating group) is 1. The average Bonchev–Trinajstić information content (AvgIpc) is 2.36. The molecule has 0 bridgehead atoms. The first-order valence-electron chi connectivity index (χ1n) is 5.74. The van der Waals surface area contributed by atoms with Crippen LogP contribution >= 0.6 is 11.6 Å². The molecule has 1 N–H and O–H groups in total. The second-order valence-corrected chi connectivity index (χ2v) is 6.16. The lowest BCUT2D eigenvalue weighted by atomic mass is 10.5. The Balaban J connectivity index is 2.45. The lowest BCUT2D eigenvalue weighted by Gasteiger charge is -2.16. The van der Waals surface area contributed by atoms with Crippen LogP contribution in [0.3, 0.4) is 0 Å². The Kier molecular flexibility index (Phi) is 6.67. The van der Waals surface area contributed by atoms with Gasteiger partial charge in [-0.05, 0) is 19.2 Å². The molecule has 0 atom stereocenters. The molecule has 0 unspecified atom stereocenters. The number of hydrogen-bond acceptors (Lipinski definition) is 5. The number of sulfonamides is 1. The lowest BCUT2D eigenvalue weighted by Crippen LogP contribution is -2.34. The predicted octanol–water partition coefficient (Wildman–Crippen LogP) is 0.592. The number of aromatic nitrogens is 1. The monoisotopic (exact) mass is 307 g/mol. The van der Waals surface area contributed by atoms with Gasteiger partial charge in [-0.25, -0.2) is 18.1 Å². The first kappa shape index (κ1) is 16.3. The van der Waals surface area contributed by atoms with E-state index in [1.807, 2.05) is 11.9 Å². The van der Waals surface area contributed by atoms with Crippen LogP contribution in [0, 0.1) is 0 Å². The van der Waals surface area contributed by atoms with E-state index in [1.54, 1.807) is 7.11 Å². The normalized spacial score (nSPS) is 12.0. The third-order valence-corrected chi connectivity index (χ3v) is 4.14. The van der Waals surface area contributed by atoms with Gasteiger partial charge in [-0.1, -0.05) is 11.6 Å². The molecule has 1 aromatic rings. The highest BCUT2D eigenvalue weighted by molar-refractivity contribution is 7.89. The van der Waals surface area contributed by atoms with Gasteiger partial charge in [0.05, 0.1) is 6.61 Å². The van der Waals surface area contributed by atoms with Gasteiger partial charge in [-0.2, -0.15) is 0 Å². The Morgan fingerprint density at radius 2 is 2.16 bits per heavy atom. The summed E-state index contributed by atoms with van der Waals surface area (Å²) in [6.07, 6.45) is 1.24. The number of hydrogen-bond donors (Lipinski definition) is 1. The number of rotatable bonds is 8. The van der Waals surface area contributed by atoms with Crippen LogP contribution in [0.5, 0.6) is 0 Å². The first-order valence-corrected chi connectivity index (χ1v) is 7.60. The number of pyridine rings is 1. The quantitative estimate of drug-likeness (QED) is 0.712. The molecular weight excluding hydrogens is 290 g/mol. The van der Waals surface area contributed by atoms with Gasteiger partial charge < -0.3 is 9.64 Å². The van der Waals surface area contributed by atoms with Crippen molar-refractivity contribution in [1.29, 1.82) is 0 Å². The van der Waals surface area contributed by atoms with Crippen LogP contribution in [-0.2, 0) is 14.8 Å². The maximum atomic E-state index is 11.9. The minimum atomic E-state index is -3.52. The van der Waals surface area contributed by atoms with E-state index in [2.05, 4.69) is 9.71 Å². The highest BCUT2D eigenvalue weighted by atomic mass is 35.5. The standard InChI is InChI=1S/C11H18ClN3O3S/c1-15(7-8-18-2)6-5-14-19(16,17)10-3-4-11(12)13-9-10/h3-4,9,14H,5-8H2,1-2H3. The molecule has 0 spiro atoms. The van der Waals surface area contributed by atoms with E-state index in [0.717, 1.165) is 6.54 Å². The van der Waals surface area contributed by atoms with Crippen LogP contribution in [0.4, 0.5) is 0 Å². The van der Waals surface area contributed by atoms with E-state index < -0.39 is 10.0 Å². The fourth-order valence-electron chi connectivity index (χ4n) is 1.33. The van der Waals surface area contributed by atoms with Crippen molar-refractivity contribution in [2.24, 2.45) is 0 Å². The van der Waals surface area contributed by atoms with Crippen molar-refractivity contribution in [3.05, 3.63) is 23.5 Å². The van der Waals surface area contributed by atoms with Gasteiger partial charge >= 0.3 is 0 Å². The second kappa shape index (κ2) is 7.76. The third-order valence-electron chi connectivity index (χ3n) is 2.47. The molecule has 1 rings (SSSR count). The van der Waals surface area contributed by atoms with Crippen LogP contribution in [0.25, 0.3) is 0 Å². The van der Waals surface area contributed by atoms with Crippen LogP contribution < -0.4 is 4.72 Å². The van der Waals surface area contributed by atoms with Crippen molar-refractivity contribution >= 4 is 21.6 Å². The number of nitrogens with one attached hydrogen (secondary N) is 1. The fraction of sp³-hybridized carbons (Fsp3) is 0.545. The molecule has 8 heteroatoms.